The molecular formula is C12H17BiO3. The van der Waals surface area contributed by atoms with Gasteiger partial charge in [0.1, 0.15) is 0 Å². The summed E-state index contributed by atoms with van der Waals surface area (Å²) >= 11 is -1.84. The van der Waals surface area contributed by atoms with E-state index in [1.807, 2.05) is 30.3 Å². The van der Waals surface area contributed by atoms with Gasteiger partial charge in [-0.3, -0.25) is 0 Å². The first-order chi connectivity index (χ1) is 7.52. The second-order valence-electron chi connectivity index (χ2n) is 3.81. The molecule has 88 valence electrons. The zero-order valence-electron chi connectivity index (χ0n) is 9.75. The summed E-state index contributed by atoms with van der Waals surface area (Å²) in [4.78, 5) is 11.9. The van der Waals surface area contributed by atoms with Crippen molar-refractivity contribution in [1.82, 2.24) is 0 Å². The summed E-state index contributed by atoms with van der Waals surface area (Å²) in [7, 11) is 0. The summed E-state index contributed by atoms with van der Waals surface area (Å²) in [5, 5.41) is 9.08. The van der Waals surface area contributed by atoms with Crippen LogP contribution in [0.1, 0.15) is 16.1 Å². The number of rotatable bonds is 4. The van der Waals surface area contributed by atoms with Gasteiger partial charge in [0.25, 0.3) is 0 Å². The predicted octanol–water partition coefficient (Wildman–Crippen LogP) is 1.95. The fraction of sp³-hybridized carbons (Fsp3) is 0.417. The molecule has 0 aliphatic rings. The van der Waals surface area contributed by atoms with Crippen molar-refractivity contribution in [1.29, 1.82) is 0 Å². The van der Waals surface area contributed by atoms with Gasteiger partial charge in [-0.15, -0.1) is 0 Å². The van der Waals surface area contributed by atoms with Gasteiger partial charge in [-0.05, 0) is 0 Å². The van der Waals surface area contributed by atoms with E-state index >= 15 is 0 Å². The van der Waals surface area contributed by atoms with Crippen LogP contribution in [0.15, 0.2) is 30.3 Å². The Morgan fingerprint density at radius 2 is 1.88 bits per heavy atom. The molecule has 0 spiro atoms. The van der Waals surface area contributed by atoms with Crippen LogP contribution in [-0.4, -0.2) is 39.1 Å². The Kier molecular flexibility index (Phi) is 5.37. The molecule has 1 aromatic carbocycles. The summed E-state index contributed by atoms with van der Waals surface area (Å²) in [6.07, 6.45) is -1.03. The molecule has 0 fully saturated rings. The second kappa shape index (κ2) is 6.31. The van der Waals surface area contributed by atoms with E-state index in [-0.39, 0.29) is 9.60 Å². The molecule has 1 aromatic rings. The van der Waals surface area contributed by atoms with Crippen LogP contribution in [-0.2, 0) is 9.53 Å². The van der Waals surface area contributed by atoms with Crippen LogP contribution in [0.5, 0.6) is 0 Å². The van der Waals surface area contributed by atoms with Gasteiger partial charge in [0.2, 0.25) is 0 Å². The number of hydrogen-bond donors (Lipinski definition) is 1. The average molecular weight is 418 g/mol. The molecular weight excluding hydrogens is 401 g/mol. The van der Waals surface area contributed by atoms with Crippen LogP contribution in [0, 0.1) is 0 Å². The molecule has 0 aliphatic heterocycles. The quantitative estimate of drug-likeness (QED) is 0.462. The molecule has 1 N–H and O–H groups in total. The number of hydrogen-bond acceptors (Lipinski definition) is 3. The summed E-state index contributed by atoms with van der Waals surface area (Å²) in [6, 6.07) is 9.67. The van der Waals surface area contributed by atoms with Crippen LogP contribution in [0.4, 0.5) is 0 Å². The van der Waals surface area contributed by atoms with E-state index in [0.29, 0.717) is 0 Å². The minimum atomic E-state index is -1.84. The van der Waals surface area contributed by atoms with Gasteiger partial charge in [0, 0.05) is 0 Å². The first-order valence-corrected chi connectivity index (χ1v) is 14.1. The van der Waals surface area contributed by atoms with Gasteiger partial charge in [0.15, 0.2) is 0 Å². The predicted molar refractivity (Wildman–Crippen MR) is 64.4 cm³/mol. The van der Waals surface area contributed by atoms with E-state index in [1.165, 1.54) is 6.92 Å². The van der Waals surface area contributed by atoms with Crippen molar-refractivity contribution in [3.63, 3.8) is 0 Å². The maximum atomic E-state index is 11.9. The van der Waals surface area contributed by atoms with Crippen molar-refractivity contribution in [3.8, 4) is 0 Å². The number of carbonyl (C=O) groups excluding carboxylic acids is 1. The van der Waals surface area contributed by atoms with Crippen LogP contribution >= 0.6 is 0 Å². The van der Waals surface area contributed by atoms with Crippen molar-refractivity contribution >= 4 is 27.7 Å². The Balaban J connectivity index is 2.88. The molecule has 1 rings (SSSR count). The SMILES string of the molecule is CC(O)OC(=O)[CH](c1ccccc1)[Bi]([CH3])[CH3]. The molecule has 2 unspecified atom stereocenters. The average Bonchev–Trinajstić information content (AvgIpc) is 2.17. The van der Waals surface area contributed by atoms with Gasteiger partial charge in [-0.2, -0.15) is 0 Å². The van der Waals surface area contributed by atoms with E-state index in [2.05, 4.69) is 9.26 Å². The number of esters is 1. The molecule has 0 bridgehead atoms. The monoisotopic (exact) mass is 418 g/mol. The molecule has 0 saturated carbocycles. The molecule has 16 heavy (non-hydrogen) atoms. The van der Waals surface area contributed by atoms with E-state index in [4.69, 9.17) is 9.84 Å². The number of aliphatic hydroxyl groups is 1. The normalized spacial score (nSPS) is 14.6. The zero-order chi connectivity index (χ0) is 12.1. The summed E-state index contributed by atoms with van der Waals surface area (Å²) in [5.74, 6) is -0.288. The van der Waals surface area contributed by atoms with Crippen LogP contribution < -0.4 is 0 Å². The van der Waals surface area contributed by atoms with Crippen LogP contribution in [0.3, 0.4) is 0 Å². The molecule has 0 amide bonds. The van der Waals surface area contributed by atoms with E-state index in [9.17, 15) is 4.79 Å². The molecule has 0 saturated heterocycles. The number of benzene rings is 1. The molecule has 4 heteroatoms. The summed E-state index contributed by atoms with van der Waals surface area (Å²) < 4.78 is 9.10. The third-order valence-corrected chi connectivity index (χ3v) is 8.14. The molecule has 2 atom stereocenters. The molecule has 0 aromatic heterocycles. The van der Waals surface area contributed by atoms with E-state index < -0.39 is 28.0 Å². The van der Waals surface area contributed by atoms with Crippen LogP contribution in [0.25, 0.3) is 0 Å². The topological polar surface area (TPSA) is 46.5 Å². The maximum absolute atomic E-state index is 11.9. The molecule has 0 aliphatic carbocycles. The Bertz CT molecular complexity index is 335. The first kappa shape index (κ1) is 13.6. The van der Waals surface area contributed by atoms with Crippen molar-refractivity contribution in [2.75, 3.05) is 0 Å². The Morgan fingerprint density at radius 3 is 2.31 bits per heavy atom. The molecule has 0 radical (unpaired) electrons. The summed E-state index contributed by atoms with van der Waals surface area (Å²) in [5.41, 5.74) is 1.01. The molecule has 3 nitrogen and oxygen atoms in total. The molecule has 0 heterocycles. The van der Waals surface area contributed by atoms with Crippen LogP contribution in [0.2, 0.25) is 9.26 Å². The van der Waals surface area contributed by atoms with Gasteiger partial charge in [-0.25, -0.2) is 0 Å². The fourth-order valence-corrected chi connectivity index (χ4v) is 6.38. The van der Waals surface area contributed by atoms with Gasteiger partial charge < -0.3 is 0 Å². The first-order valence-electron chi connectivity index (χ1n) is 5.12. The zero-order valence-corrected chi connectivity index (χ0v) is 13.2. The third kappa shape index (κ3) is 3.84. The van der Waals surface area contributed by atoms with E-state index in [0.717, 1.165) is 5.56 Å². The second-order valence-corrected chi connectivity index (χ2v) is 13.3. The standard InChI is InChI=1S/C10H11O3.2CH3.Bi/c1-8(11)13-10(12)7-9-5-3-2-4-6-9;;;/h2-8,11H,1H3;2*1H3;. The Labute approximate surface area is 104 Å². The minimum absolute atomic E-state index is 0.120. The number of carbonyl (C=O) groups is 1. The van der Waals surface area contributed by atoms with Crippen molar-refractivity contribution in [3.05, 3.63) is 35.9 Å². The van der Waals surface area contributed by atoms with Gasteiger partial charge in [-0.1, -0.05) is 0 Å². The van der Waals surface area contributed by atoms with Gasteiger partial charge >= 0.3 is 104 Å². The number of aliphatic hydroxyl groups excluding tert-OH is 1. The summed E-state index contributed by atoms with van der Waals surface area (Å²) in [6.45, 7) is 1.45. The van der Waals surface area contributed by atoms with Crippen molar-refractivity contribution in [2.24, 2.45) is 0 Å². The third-order valence-electron chi connectivity index (χ3n) is 2.14. The number of ether oxygens (including phenoxy) is 1. The Morgan fingerprint density at radius 1 is 1.31 bits per heavy atom. The fourth-order valence-electron chi connectivity index (χ4n) is 1.51. The van der Waals surface area contributed by atoms with Crippen molar-refractivity contribution < 1.29 is 14.6 Å². The van der Waals surface area contributed by atoms with E-state index in [1.54, 1.807) is 0 Å². The van der Waals surface area contributed by atoms with Crippen molar-refractivity contribution in [2.45, 2.75) is 26.1 Å². The Hall–Kier alpha value is -0.467. The van der Waals surface area contributed by atoms with Gasteiger partial charge in [0.05, 0.1) is 0 Å².